The van der Waals surface area contributed by atoms with E-state index in [4.69, 9.17) is 0 Å². The van der Waals surface area contributed by atoms with Crippen molar-refractivity contribution in [2.75, 3.05) is 25.5 Å². The zero-order valence-corrected chi connectivity index (χ0v) is 10.9. The molecule has 0 aromatic heterocycles. The van der Waals surface area contributed by atoms with Crippen LogP contribution < -0.4 is 10.2 Å². The number of nitrogens with one attached hydrogen (secondary N) is 1. The highest BCUT2D eigenvalue weighted by Crippen LogP contribution is 2.28. The molecule has 0 bridgehead atoms. The molecule has 0 saturated carbocycles. The van der Waals surface area contributed by atoms with Gasteiger partial charge in [-0.25, -0.2) is 4.39 Å². The van der Waals surface area contributed by atoms with Gasteiger partial charge in [0.1, 0.15) is 5.82 Å². The van der Waals surface area contributed by atoms with E-state index in [0.717, 1.165) is 0 Å². The molecule has 1 aromatic rings. The van der Waals surface area contributed by atoms with Crippen molar-refractivity contribution in [1.29, 1.82) is 0 Å². The zero-order chi connectivity index (χ0) is 13.7. The Labute approximate surface area is 106 Å². The number of carbonyl (C=O) groups excluding carboxylic acids is 1. The van der Waals surface area contributed by atoms with E-state index in [1.165, 1.54) is 6.07 Å². The van der Waals surface area contributed by atoms with Crippen LogP contribution in [0.2, 0.25) is 0 Å². The maximum absolute atomic E-state index is 13.8. The number of aliphatic hydroxyl groups excluding tert-OH is 1. The van der Waals surface area contributed by atoms with Crippen LogP contribution in [0.3, 0.4) is 0 Å². The van der Waals surface area contributed by atoms with Crippen molar-refractivity contribution in [3.63, 3.8) is 0 Å². The van der Waals surface area contributed by atoms with Gasteiger partial charge in [0.2, 0.25) is 5.91 Å². The van der Waals surface area contributed by atoms with Gasteiger partial charge in [-0.2, -0.15) is 0 Å². The average molecular weight is 254 g/mol. The first-order chi connectivity index (χ1) is 8.47. The van der Waals surface area contributed by atoms with Gasteiger partial charge < -0.3 is 15.3 Å². The molecular weight excluding hydrogens is 235 g/mol. The predicted octanol–water partition coefficient (Wildman–Crippen LogP) is 1.45. The molecule has 0 unspecified atom stereocenters. The molecule has 0 aliphatic rings. The second-order valence-electron chi connectivity index (χ2n) is 4.20. The van der Waals surface area contributed by atoms with Crippen molar-refractivity contribution >= 4 is 11.6 Å². The van der Waals surface area contributed by atoms with Crippen LogP contribution in [0.5, 0.6) is 0 Å². The molecule has 1 amide bonds. The fourth-order valence-corrected chi connectivity index (χ4v) is 1.78. The maximum atomic E-state index is 13.8. The third-order valence-corrected chi connectivity index (χ3v) is 2.80. The SMILES string of the molecule is CNC(=O)CCN(C)c1c(F)cccc1[C@H](C)O. The van der Waals surface area contributed by atoms with Gasteiger partial charge in [-0.15, -0.1) is 0 Å². The molecule has 5 heteroatoms. The van der Waals surface area contributed by atoms with Crippen LogP contribution in [0.1, 0.15) is 25.0 Å². The molecule has 0 saturated heterocycles. The van der Waals surface area contributed by atoms with Crippen LogP contribution in [0.25, 0.3) is 0 Å². The van der Waals surface area contributed by atoms with E-state index in [2.05, 4.69) is 5.32 Å². The largest absolute Gasteiger partial charge is 0.389 e. The molecule has 1 rings (SSSR count). The van der Waals surface area contributed by atoms with Gasteiger partial charge in [0.25, 0.3) is 0 Å². The van der Waals surface area contributed by atoms with Crippen molar-refractivity contribution in [1.82, 2.24) is 5.32 Å². The van der Waals surface area contributed by atoms with Gasteiger partial charge in [-0.1, -0.05) is 12.1 Å². The Hall–Kier alpha value is -1.62. The number of hydrogen-bond acceptors (Lipinski definition) is 3. The van der Waals surface area contributed by atoms with Gasteiger partial charge in [-0.05, 0) is 13.0 Å². The summed E-state index contributed by atoms with van der Waals surface area (Å²) in [4.78, 5) is 12.8. The molecule has 0 aliphatic heterocycles. The second kappa shape index (κ2) is 6.35. The number of carbonyl (C=O) groups is 1. The summed E-state index contributed by atoms with van der Waals surface area (Å²) in [6, 6.07) is 4.59. The summed E-state index contributed by atoms with van der Waals surface area (Å²) in [6.07, 6.45) is -0.473. The van der Waals surface area contributed by atoms with Crippen LogP contribution in [-0.2, 0) is 4.79 Å². The molecule has 4 nitrogen and oxygen atoms in total. The van der Waals surface area contributed by atoms with E-state index in [-0.39, 0.29) is 12.3 Å². The lowest BCUT2D eigenvalue weighted by molar-refractivity contribution is -0.120. The van der Waals surface area contributed by atoms with Gasteiger partial charge in [-0.3, -0.25) is 4.79 Å². The number of halogens is 1. The summed E-state index contributed by atoms with van der Waals surface area (Å²) in [7, 11) is 3.26. The minimum absolute atomic E-state index is 0.100. The molecule has 0 heterocycles. The summed E-state index contributed by atoms with van der Waals surface area (Å²) >= 11 is 0. The zero-order valence-electron chi connectivity index (χ0n) is 10.9. The van der Waals surface area contributed by atoms with Crippen LogP contribution in [-0.4, -0.2) is 31.7 Å². The fourth-order valence-electron chi connectivity index (χ4n) is 1.78. The first-order valence-corrected chi connectivity index (χ1v) is 5.85. The first-order valence-electron chi connectivity index (χ1n) is 5.85. The molecule has 0 radical (unpaired) electrons. The molecule has 18 heavy (non-hydrogen) atoms. The fraction of sp³-hybridized carbons (Fsp3) is 0.462. The third-order valence-electron chi connectivity index (χ3n) is 2.80. The van der Waals surface area contributed by atoms with Gasteiger partial charge in [0, 0.05) is 32.6 Å². The number of benzene rings is 1. The Morgan fingerprint density at radius 2 is 2.22 bits per heavy atom. The Kier molecular flexibility index (Phi) is 5.09. The van der Waals surface area contributed by atoms with E-state index in [1.807, 2.05) is 0 Å². The summed E-state index contributed by atoms with van der Waals surface area (Å²) < 4.78 is 13.8. The molecule has 100 valence electrons. The Morgan fingerprint density at radius 1 is 1.56 bits per heavy atom. The number of nitrogens with zero attached hydrogens (tertiary/aromatic N) is 1. The number of hydrogen-bond donors (Lipinski definition) is 2. The maximum Gasteiger partial charge on any atom is 0.221 e. The quantitative estimate of drug-likeness (QED) is 0.836. The minimum Gasteiger partial charge on any atom is -0.389 e. The molecular formula is C13H19FN2O2. The predicted molar refractivity (Wildman–Crippen MR) is 69.0 cm³/mol. The lowest BCUT2D eigenvalue weighted by Crippen LogP contribution is -2.27. The van der Waals surface area contributed by atoms with Gasteiger partial charge >= 0.3 is 0 Å². The highest BCUT2D eigenvalue weighted by atomic mass is 19.1. The third kappa shape index (κ3) is 3.43. The molecule has 1 aromatic carbocycles. The molecule has 2 N–H and O–H groups in total. The van der Waals surface area contributed by atoms with Crippen LogP contribution in [0, 0.1) is 5.82 Å². The van der Waals surface area contributed by atoms with E-state index in [1.54, 1.807) is 38.1 Å². The molecule has 0 spiro atoms. The summed E-state index contributed by atoms with van der Waals surface area (Å²) in [5.74, 6) is -0.496. The smallest absolute Gasteiger partial charge is 0.221 e. The second-order valence-corrected chi connectivity index (χ2v) is 4.20. The normalized spacial score (nSPS) is 12.1. The molecule has 1 atom stereocenters. The van der Waals surface area contributed by atoms with Gasteiger partial charge in [0.15, 0.2) is 0 Å². The number of amides is 1. The highest BCUT2D eigenvalue weighted by Gasteiger charge is 2.16. The molecule has 0 aliphatic carbocycles. The van der Waals surface area contributed by atoms with E-state index in [9.17, 15) is 14.3 Å². The van der Waals surface area contributed by atoms with E-state index < -0.39 is 11.9 Å². The number of para-hydroxylation sites is 1. The Morgan fingerprint density at radius 3 is 2.78 bits per heavy atom. The average Bonchev–Trinajstić information content (AvgIpc) is 2.34. The lowest BCUT2D eigenvalue weighted by Gasteiger charge is -2.23. The minimum atomic E-state index is -0.752. The van der Waals surface area contributed by atoms with Crippen LogP contribution >= 0.6 is 0 Å². The van der Waals surface area contributed by atoms with Crippen LogP contribution in [0.15, 0.2) is 18.2 Å². The highest BCUT2D eigenvalue weighted by molar-refractivity contribution is 5.76. The monoisotopic (exact) mass is 254 g/mol. The topological polar surface area (TPSA) is 52.6 Å². The Bertz CT molecular complexity index is 421. The van der Waals surface area contributed by atoms with E-state index >= 15 is 0 Å². The van der Waals surface area contributed by atoms with E-state index in [0.29, 0.717) is 17.8 Å². The molecule has 0 fully saturated rings. The van der Waals surface area contributed by atoms with Crippen molar-refractivity contribution in [2.45, 2.75) is 19.4 Å². The summed E-state index contributed by atoms with van der Waals surface area (Å²) in [5, 5.41) is 12.1. The Balaban J connectivity index is 2.90. The van der Waals surface area contributed by atoms with Crippen molar-refractivity contribution in [3.8, 4) is 0 Å². The van der Waals surface area contributed by atoms with Gasteiger partial charge in [0.05, 0.1) is 11.8 Å². The summed E-state index contributed by atoms with van der Waals surface area (Å²) in [6.45, 7) is 1.98. The van der Waals surface area contributed by atoms with Crippen molar-refractivity contribution in [3.05, 3.63) is 29.6 Å². The number of rotatable bonds is 5. The van der Waals surface area contributed by atoms with Crippen LogP contribution in [0.4, 0.5) is 10.1 Å². The standard InChI is InChI=1S/C13H19FN2O2/c1-9(17)10-5-4-6-11(14)13(10)16(3)8-7-12(18)15-2/h4-6,9,17H,7-8H2,1-3H3,(H,15,18)/t9-/m0/s1. The first kappa shape index (κ1) is 14.4. The summed E-state index contributed by atoms with van der Waals surface area (Å²) in [5.41, 5.74) is 0.866. The number of aliphatic hydroxyl groups is 1. The lowest BCUT2D eigenvalue weighted by atomic mass is 10.1. The van der Waals surface area contributed by atoms with Crippen molar-refractivity contribution in [2.24, 2.45) is 0 Å². The van der Waals surface area contributed by atoms with Crippen molar-refractivity contribution < 1.29 is 14.3 Å². The number of anilines is 1.